The summed E-state index contributed by atoms with van der Waals surface area (Å²) in [5.41, 5.74) is 6.36. The second kappa shape index (κ2) is 5.81. The van der Waals surface area contributed by atoms with E-state index in [2.05, 4.69) is 0 Å². The van der Waals surface area contributed by atoms with Gasteiger partial charge in [-0.3, -0.25) is 9.59 Å². The van der Waals surface area contributed by atoms with E-state index >= 15 is 0 Å². The summed E-state index contributed by atoms with van der Waals surface area (Å²) >= 11 is 0. The molecule has 19 heavy (non-hydrogen) atoms. The van der Waals surface area contributed by atoms with Gasteiger partial charge in [0.1, 0.15) is 6.54 Å². The van der Waals surface area contributed by atoms with E-state index in [1.165, 1.54) is 4.90 Å². The molecule has 1 heterocycles. The van der Waals surface area contributed by atoms with Gasteiger partial charge in [-0.25, -0.2) is 0 Å². The molecule has 0 spiro atoms. The van der Waals surface area contributed by atoms with Gasteiger partial charge in [0, 0.05) is 11.7 Å². The summed E-state index contributed by atoms with van der Waals surface area (Å²) < 4.78 is 5.16. The highest BCUT2D eigenvalue weighted by molar-refractivity contribution is 5.99. The molecule has 2 atom stereocenters. The van der Waals surface area contributed by atoms with Crippen LogP contribution in [0.2, 0.25) is 0 Å². The van der Waals surface area contributed by atoms with E-state index in [-0.39, 0.29) is 25.1 Å². The molecule has 1 saturated heterocycles. The molecule has 1 aliphatic heterocycles. The molecule has 6 heteroatoms. The highest BCUT2D eigenvalue weighted by Crippen LogP contribution is 2.20. The molecule has 6 nitrogen and oxygen atoms in total. The Balaban J connectivity index is 2.22. The number of carboxylic acids is 1. The van der Waals surface area contributed by atoms with Gasteiger partial charge in [0.2, 0.25) is 5.91 Å². The van der Waals surface area contributed by atoms with Crippen LogP contribution in [0.4, 0.5) is 5.69 Å². The lowest BCUT2D eigenvalue weighted by Crippen LogP contribution is -2.45. The zero-order valence-electron chi connectivity index (χ0n) is 10.4. The quantitative estimate of drug-likeness (QED) is 0.803. The summed E-state index contributed by atoms with van der Waals surface area (Å²) in [5, 5.41) is 8.95. The molecule has 1 aromatic carbocycles. The molecule has 0 bridgehead atoms. The number of amides is 1. The van der Waals surface area contributed by atoms with Crippen molar-refractivity contribution in [3.63, 3.8) is 0 Å². The second-order valence-electron chi connectivity index (χ2n) is 4.46. The van der Waals surface area contributed by atoms with E-state index in [0.717, 1.165) is 0 Å². The van der Waals surface area contributed by atoms with Crippen LogP contribution in [0, 0.1) is 5.92 Å². The largest absolute Gasteiger partial charge is 0.480 e. The van der Waals surface area contributed by atoms with Crippen molar-refractivity contribution in [1.82, 2.24) is 0 Å². The van der Waals surface area contributed by atoms with Crippen molar-refractivity contribution in [3.05, 3.63) is 30.3 Å². The third-order valence-electron chi connectivity index (χ3n) is 3.07. The number of hydrogen-bond donors (Lipinski definition) is 2. The second-order valence-corrected chi connectivity index (χ2v) is 4.46. The molecule has 2 rings (SSSR count). The fourth-order valence-electron chi connectivity index (χ4n) is 2.07. The SMILES string of the molecule is NC1COCC1C(=O)N(CC(=O)O)c1ccccc1. The fourth-order valence-corrected chi connectivity index (χ4v) is 2.07. The lowest BCUT2D eigenvalue weighted by Gasteiger charge is -2.25. The summed E-state index contributed by atoms with van der Waals surface area (Å²) in [6.45, 7) is 0.182. The molecule has 1 fully saturated rings. The zero-order chi connectivity index (χ0) is 13.8. The minimum Gasteiger partial charge on any atom is -0.480 e. The smallest absolute Gasteiger partial charge is 0.323 e. The van der Waals surface area contributed by atoms with Crippen LogP contribution in [-0.4, -0.2) is 42.8 Å². The van der Waals surface area contributed by atoms with Crippen molar-refractivity contribution in [2.45, 2.75) is 6.04 Å². The Bertz CT molecular complexity index is 463. The number of carbonyl (C=O) groups is 2. The van der Waals surface area contributed by atoms with Crippen LogP contribution < -0.4 is 10.6 Å². The van der Waals surface area contributed by atoms with E-state index in [0.29, 0.717) is 12.3 Å². The molecule has 0 aliphatic carbocycles. The maximum atomic E-state index is 12.4. The average Bonchev–Trinajstić information content (AvgIpc) is 2.82. The molecule has 0 saturated carbocycles. The van der Waals surface area contributed by atoms with Crippen LogP contribution >= 0.6 is 0 Å². The molecule has 2 unspecified atom stereocenters. The van der Waals surface area contributed by atoms with Crippen molar-refractivity contribution in [1.29, 1.82) is 0 Å². The number of aliphatic carboxylic acids is 1. The number of rotatable bonds is 4. The highest BCUT2D eigenvalue weighted by Gasteiger charge is 2.35. The van der Waals surface area contributed by atoms with Crippen LogP contribution in [0.15, 0.2) is 30.3 Å². The first-order valence-electron chi connectivity index (χ1n) is 6.01. The van der Waals surface area contributed by atoms with Gasteiger partial charge < -0.3 is 20.5 Å². The van der Waals surface area contributed by atoms with Crippen LogP contribution in [0.25, 0.3) is 0 Å². The topological polar surface area (TPSA) is 92.9 Å². The third-order valence-corrected chi connectivity index (χ3v) is 3.07. The summed E-state index contributed by atoms with van der Waals surface area (Å²) in [6.07, 6.45) is 0. The zero-order valence-corrected chi connectivity index (χ0v) is 10.4. The minimum atomic E-state index is -1.07. The summed E-state index contributed by atoms with van der Waals surface area (Å²) in [7, 11) is 0. The first kappa shape index (κ1) is 13.5. The minimum absolute atomic E-state index is 0.239. The number of anilines is 1. The third kappa shape index (κ3) is 3.10. The van der Waals surface area contributed by atoms with Gasteiger partial charge in [-0.15, -0.1) is 0 Å². The maximum absolute atomic E-state index is 12.4. The molecule has 102 valence electrons. The Morgan fingerprint density at radius 3 is 2.53 bits per heavy atom. The van der Waals surface area contributed by atoms with Crippen LogP contribution in [0.3, 0.4) is 0 Å². The Morgan fingerprint density at radius 2 is 2.00 bits per heavy atom. The van der Waals surface area contributed by atoms with Crippen LogP contribution in [0.1, 0.15) is 0 Å². The summed E-state index contributed by atoms with van der Waals surface area (Å²) in [5.74, 6) is -1.86. The van der Waals surface area contributed by atoms with E-state index in [9.17, 15) is 9.59 Å². The van der Waals surface area contributed by atoms with Crippen molar-refractivity contribution >= 4 is 17.6 Å². The Hall–Kier alpha value is -1.92. The molecule has 0 radical (unpaired) electrons. The van der Waals surface area contributed by atoms with E-state index < -0.39 is 11.9 Å². The van der Waals surface area contributed by atoms with Crippen molar-refractivity contribution in [2.75, 3.05) is 24.7 Å². The fraction of sp³-hybridized carbons (Fsp3) is 0.385. The number of carbonyl (C=O) groups excluding carboxylic acids is 1. The predicted octanol–water partition coefficient (Wildman–Crippen LogP) is 0.0779. The lowest BCUT2D eigenvalue weighted by atomic mass is 10.0. The summed E-state index contributed by atoms with van der Waals surface area (Å²) in [6, 6.07) is 8.32. The van der Waals surface area contributed by atoms with Crippen LogP contribution in [-0.2, 0) is 14.3 Å². The molecule has 0 aromatic heterocycles. The molecular formula is C13H16N2O4. The van der Waals surface area contributed by atoms with Gasteiger partial charge in [-0.1, -0.05) is 18.2 Å². The van der Waals surface area contributed by atoms with Gasteiger partial charge in [0.15, 0.2) is 0 Å². The van der Waals surface area contributed by atoms with Crippen molar-refractivity contribution in [3.8, 4) is 0 Å². The standard InChI is InChI=1S/C13H16N2O4/c14-11-8-19-7-10(11)13(18)15(6-12(16)17)9-4-2-1-3-5-9/h1-5,10-11H,6-8,14H2,(H,16,17). The predicted molar refractivity (Wildman–Crippen MR) is 68.7 cm³/mol. The van der Waals surface area contributed by atoms with Gasteiger partial charge in [0.25, 0.3) is 0 Å². The monoisotopic (exact) mass is 264 g/mol. The molecular weight excluding hydrogens is 248 g/mol. The van der Waals surface area contributed by atoms with Gasteiger partial charge in [-0.05, 0) is 12.1 Å². The highest BCUT2D eigenvalue weighted by atomic mass is 16.5. The lowest BCUT2D eigenvalue weighted by molar-refractivity contribution is -0.137. The van der Waals surface area contributed by atoms with E-state index in [4.69, 9.17) is 15.6 Å². The number of nitrogens with two attached hydrogens (primary N) is 1. The number of para-hydroxylation sites is 1. The Kier molecular flexibility index (Phi) is 4.13. The van der Waals surface area contributed by atoms with Gasteiger partial charge >= 0.3 is 5.97 Å². The van der Waals surface area contributed by atoms with Crippen molar-refractivity contribution < 1.29 is 19.4 Å². The van der Waals surface area contributed by atoms with E-state index in [1.54, 1.807) is 30.3 Å². The molecule has 1 aromatic rings. The molecule has 1 aliphatic rings. The number of ether oxygens (including phenoxy) is 1. The van der Waals surface area contributed by atoms with Crippen molar-refractivity contribution in [2.24, 2.45) is 11.7 Å². The number of nitrogens with zero attached hydrogens (tertiary/aromatic N) is 1. The first-order valence-corrected chi connectivity index (χ1v) is 6.01. The van der Waals surface area contributed by atoms with Gasteiger partial charge in [-0.2, -0.15) is 0 Å². The Labute approximate surface area is 110 Å². The van der Waals surface area contributed by atoms with Gasteiger partial charge in [0.05, 0.1) is 19.1 Å². The Morgan fingerprint density at radius 1 is 1.32 bits per heavy atom. The maximum Gasteiger partial charge on any atom is 0.323 e. The van der Waals surface area contributed by atoms with Crippen LogP contribution in [0.5, 0.6) is 0 Å². The number of hydrogen-bond acceptors (Lipinski definition) is 4. The average molecular weight is 264 g/mol. The number of carboxylic acid groups (broad SMARTS) is 1. The summed E-state index contributed by atoms with van der Waals surface area (Å²) in [4.78, 5) is 24.6. The molecule has 1 amide bonds. The van der Waals surface area contributed by atoms with E-state index in [1.807, 2.05) is 0 Å². The first-order chi connectivity index (χ1) is 9.09. The number of benzene rings is 1. The normalized spacial score (nSPS) is 22.2. The molecule has 3 N–H and O–H groups in total.